The van der Waals surface area contributed by atoms with Crippen molar-refractivity contribution in [3.8, 4) is 11.1 Å². The Hall–Kier alpha value is -1.98. The standard InChI is InChI=1S/C13H6F6/c1-5-8(14)4-7(12(18)11(5)17)6-2-9(15)13(19)10(16)3-6/h2-4H,1H3. The number of benzene rings is 2. The first kappa shape index (κ1) is 13.5. The fourth-order valence-electron chi connectivity index (χ4n) is 1.61. The van der Waals surface area contributed by atoms with Gasteiger partial charge in [0.2, 0.25) is 0 Å². The number of halogens is 6. The van der Waals surface area contributed by atoms with Crippen molar-refractivity contribution in [2.24, 2.45) is 0 Å². The van der Waals surface area contributed by atoms with Gasteiger partial charge in [-0.2, -0.15) is 0 Å². The van der Waals surface area contributed by atoms with Gasteiger partial charge in [0, 0.05) is 11.1 Å². The minimum Gasteiger partial charge on any atom is -0.207 e. The van der Waals surface area contributed by atoms with E-state index in [1.807, 2.05) is 0 Å². The van der Waals surface area contributed by atoms with Crippen molar-refractivity contribution in [1.82, 2.24) is 0 Å². The summed E-state index contributed by atoms with van der Waals surface area (Å²) in [6, 6.07) is 1.52. The third-order valence-electron chi connectivity index (χ3n) is 2.68. The zero-order valence-corrected chi connectivity index (χ0v) is 9.50. The average molecular weight is 276 g/mol. The third kappa shape index (κ3) is 2.18. The molecule has 19 heavy (non-hydrogen) atoms. The lowest BCUT2D eigenvalue weighted by Crippen LogP contribution is -1.99. The molecule has 0 saturated heterocycles. The van der Waals surface area contributed by atoms with Crippen LogP contribution in [-0.4, -0.2) is 0 Å². The summed E-state index contributed by atoms with van der Waals surface area (Å²) in [4.78, 5) is 0. The van der Waals surface area contributed by atoms with Crippen LogP contribution in [0.4, 0.5) is 26.3 Å². The summed E-state index contributed by atoms with van der Waals surface area (Å²) >= 11 is 0. The maximum atomic E-state index is 13.6. The Balaban J connectivity index is 2.73. The van der Waals surface area contributed by atoms with Crippen LogP contribution in [0.1, 0.15) is 5.56 Å². The predicted molar refractivity (Wildman–Crippen MR) is 56.4 cm³/mol. The highest BCUT2D eigenvalue weighted by Gasteiger charge is 2.19. The Morgan fingerprint density at radius 2 is 1.16 bits per heavy atom. The minimum atomic E-state index is -1.74. The van der Waals surface area contributed by atoms with E-state index in [0.29, 0.717) is 18.2 Å². The van der Waals surface area contributed by atoms with E-state index in [1.165, 1.54) is 0 Å². The Kier molecular flexibility index (Phi) is 3.26. The highest BCUT2D eigenvalue weighted by molar-refractivity contribution is 5.65. The first-order chi connectivity index (χ1) is 8.82. The Morgan fingerprint density at radius 3 is 1.68 bits per heavy atom. The van der Waals surface area contributed by atoms with Crippen LogP contribution in [0, 0.1) is 41.8 Å². The fourth-order valence-corrected chi connectivity index (χ4v) is 1.61. The van der Waals surface area contributed by atoms with Crippen molar-refractivity contribution in [3.63, 3.8) is 0 Å². The second kappa shape index (κ2) is 4.60. The van der Waals surface area contributed by atoms with E-state index in [4.69, 9.17) is 0 Å². The molecule has 2 aromatic carbocycles. The average Bonchev–Trinajstić information content (AvgIpc) is 2.37. The van der Waals surface area contributed by atoms with Gasteiger partial charge in [0.15, 0.2) is 29.1 Å². The summed E-state index contributed by atoms with van der Waals surface area (Å²) in [6.45, 7) is 1.02. The van der Waals surface area contributed by atoms with Gasteiger partial charge in [-0.05, 0) is 30.7 Å². The second-order valence-corrected chi connectivity index (χ2v) is 3.91. The van der Waals surface area contributed by atoms with Crippen LogP contribution in [0.3, 0.4) is 0 Å². The van der Waals surface area contributed by atoms with Crippen LogP contribution in [0.2, 0.25) is 0 Å². The van der Waals surface area contributed by atoms with Gasteiger partial charge < -0.3 is 0 Å². The molecule has 2 aromatic rings. The van der Waals surface area contributed by atoms with E-state index in [2.05, 4.69) is 0 Å². The lowest BCUT2D eigenvalue weighted by molar-refractivity contribution is 0.447. The van der Waals surface area contributed by atoms with Gasteiger partial charge in [-0.25, -0.2) is 26.3 Å². The van der Waals surface area contributed by atoms with Crippen molar-refractivity contribution < 1.29 is 26.3 Å². The van der Waals surface area contributed by atoms with E-state index in [1.54, 1.807) is 0 Å². The summed E-state index contributed by atoms with van der Waals surface area (Å²) in [5, 5.41) is 0. The molecule has 0 spiro atoms. The zero-order chi connectivity index (χ0) is 14.3. The topological polar surface area (TPSA) is 0 Å². The molecule has 0 aliphatic rings. The van der Waals surface area contributed by atoms with E-state index in [9.17, 15) is 26.3 Å². The maximum Gasteiger partial charge on any atom is 0.194 e. The number of hydrogen-bond donors (Lipinski definition) is 0. The Labute approximate surface area is 104 Å². The van der Waals surface area contributed by atoms with Crippen molar-refractivity contribution in [1.29, 1.82) is 0 Å². The quantitative estimate of drug-likeness (QED) is 0.409. The molecule has 100 valence electrons. The largest absolute Gasteiger partial charge is 0.207 e. The maximum absolute atomic E-state index is 13.6. The molecule has 0 N–H and O–H groups in total. The van der Waals surface area contributed by atoms with Crippen molar-refractivity contribution in [3.05, 3.63) is 58.7 Å². The van der Waals surface area contributed by atoms with Gasteiger partial charge in [-0.1, -0.05) is 0 Å². The van der Waals surface area contributed by atoms with Crippen LogP contribution in [0.15, 0.2) is 18.2 Å². The van der Waals surface area contributed by atoms with Crippen molar-refractivity contribution >= 4 is 0 Å². The molecule has 0 atom stereocenters. The molecule has 0 amide bonds. The van der Waals surface area contributed by atoms with Gasteiger partial charge in [-0.15, -0.1) is 0 Å². The van der Waals surface area contributed by atoms with Gasteiger partial charge in [0.05, 0.1) is 0 Å². The van der Waals surface area contributed by atoms with E-state index < -0.39 is 51.6 Å². The molecule has 0 heterocycles. The SMILES string of the molecule is Cc1c(F)cc(-c2cc(F)c(F)c(F)c2)c(F)c1F. The van der Waals surface area contributed by atoms with Crippen molar-refractivity contribution in [2.45, 2.75) is 6.92 Å². The van der Waals surface area contributed by atoms with Gasteiger partial charge >= 0.3 is 0 Å². The van der Waals surface area contributed by atoms with Crippen LogP contribution in [-0.2, 0) is 0 Å². The Bertz CT molecular complexity index is 640. The highest BCUT2D eigenvalue weighted by Crippen LogP contribution is 2.30. The summed E-state index contributed by atoms with van der Waals surface area (Å²) in [5.74, 6) is -8.87. The van der Waals surface area contributed by atoms with Gasteiger partial charge in [0.25, 0.3) is 0 Å². The molecule has 0 aliphatic carbocycles. The molecule has 0 saturated carbocycles. The molecule has 2 rings (SSSR count). The summed E-state index contributed by atoms with van der Waals surface area (Å²) in [7, 11) is 0. The summed E-state index contributed by atoms with van der Waals surface area (Å²) in [5.41, 5.74) is -1.73. The minimum absolute atomic E-state index is 0.463. The molecule has 0 fully saturated rings. The smallest absolute Gasteiger partial charge is 0.194 e. The summed E-state index contributed by atoms with van der Waals surface area (Å²) < 4.78 is 79.1. The van der Waals surface area contributed by atoms with Crippen LogP contribution in [0.25, 0.3) is 11.1 Å². The van der Waals surface area contributed by atoms with Crippen LogP contribution < -0.4 is 0 Å². The number of rotatable bonds is 1. The van der Waals surface area contributed by atoms with Crippen molar-refractivity contribution in [2.75, 3.05) is 0 Å². The van der Waals surface area contributed by atoms with E-state index in [-0.39, 0.29) is 0 Å². The first-order valence-electron chi connectivity index (χ1n) is 5.12. The zero-order valence-electron chi connectivity index (χ0n) is 9.50. The molecule has 0 radical (unpaired) electrons. The predicted octanol–water partition coefficient (Wildman–Crippen LogP) is 4.50. The first-order valence-corrected chi connectivity index (χ1v) is 5.12. The Morgan fingerprint density at radius 1 is 0.632 bits per heavy atom. The molecule has 0 nitrogen and oxygen atoms in total. The fraction of sp³-hybridized carbons (Fsp3) is 0.0769. The van der Waals surface area contributed by atoms with Gasteiger partial charge in [0.1, 0.15) is 5.82 Å². The monoisotopic (exact) mass is 276 g/mol. The van der Waals surface area contributed by atoms with Gasteiger partial charge in [-0.3, -0.25) is 0 Å². The third-order valence-corrected chi connectivity index (χ3v) is 2.68. The second-order valence-electron chi connectivity index (χ2n) is 3.91. The molecule has 6 heteroatoms. The van der Waals surface area contributed by atoms with Crippen LogP contribution >= 0.6 is 0 Å². The summed E-state index contributed by atoms with van der Waals surface area (Å²) in [6.07, 6.45) is 0. The van der Waals surface area contributed by atoms with E-state index in [0.717, 1.165) is 6.92 Å². The molecule has 0 aliphatic heterocycles. The molecule has 0 unspecified atom stereocenters. The molecular formula is C13H6F6. The normalized spacial score (nSPS) is 10.9. The molecule has 0 aromatic heterocycles. The molecule has 0 bridgehead atoms. The lowest BCUT2D eigenvalue weighted by atomic mass is 10.0. The van der Waals surface area contributed by atoms with Crippen LogP contribution in [0.5, 0.6) is 0 Å². The lowest BCUT2D eigenvalue weighted by Gasteiger charge is -2.08. The highest BCUT2D eigenvalue weighted by atomic mass is 19.2. The number of hydrogen-bond acceptors (Lipinski definition) is 0. The molecular weight excluding hydrogens is 270 g/mol. The van der Waals surface area contributed by atoms with E-state index >= 15 is 0 Å².